The number of hydrogen-bond acceptors (Lipinski definition) is 3. The predicted octanol–water partition coefficient (Wildman–Crippen LogP) is 4.34. The lowest BCUT2D eigenvalue weighted by Gasteiger charge is -2.30. The second-order valence-corrected chi connectivity index (χ2v) is 6.69. The number of anilines is 2. The first-order valence-corrected chi connectivity index (χ1v) is 8.96. The van der Waals surface area contributed by atoms with Crippen molar-refractivity contribution in [3.8, 4) is 0 Å². The Morgan fingerprint density at radius 3 is 2.59 bits per heavy atom. The summed E-state index contributed by atoms with van der Waals surface area (Å²) in [4.78, 5) is 14.5. The molecule has 8 heteroatoms. The van der Waals surface area contributed by atoms with E-state index < -0.39 is 23.7 Å². The van der Waals surface area contributed by atoms with Gasteiger partial charge in [0.2, 0.25) is 0 Å². The van der Waals surface area contributed by atoms with Crippen LogP contribution < -0.4 is 15.5 Å². The van der Waals surface area contributed by atoms with Crippen molar-refractivity contribution in [2.75, 3.05) is 36.5 Å². The highest BCUT2D eigenvalue weighted by Gasteiger charge is 2.18. The molecule has 3 rings (SSSR count). The molecule has 0 aromatic heterocycles. The van der Waals surface area contributed by atoms with Gasteiger partial charge in [0.15, 0.2) is 11.6 Å². The van der Waals surface area contributed by atoms with E-state index >= 15 is 0 Å². The number of halogens is 3. The van der Waals surface area contributed by atoms with Crippen molar-refractivity contribution in [1.29, 1.82) is 0 Å². The lowest BCUT2D eigenvalue weighted by Crippen LogP contribution is -2.37. The lowest BCUT2D eigenvalue weighted by molar-refractivity contribution is 0.123. The molecule has 1 aliphatic heterocycles. The fraction of sp³-hybridized carbons (Fsp3) is 0.316. The van der Waals surface area contributed by atoms with Crippen LogP contribution in [0.5, 0.6) is 0 Å². The number of nitrogens with zero attached hydrogens (tertiary/aromatic N) is 1. The van der Waals surface area contributed by atoms with E-state index in [4.69, 9.17) is 16.3 Å². The van der Waals surface area contributed by atoms with Crippen molar-refractivity contribution in [3.63, 3.8) is 0 Å². The third kappa shape index (κ3) is 4.87. The quantitative estimate of drug-likeness (QED) is 0.809. The molecule has 0 bridgehead atoms. The fourth-order valence-electron chi connectivity index (χ4n) is 2.91. The maximum Gasteiger partial charge on any atom is 0.319 e. The van der Waals surface area contributed by atoms with Gasteiger partial charge in [-0.1, -0.05) is 17.7 Å². The summed E-state index contributed by atoms with van der Waals surface area (Å²) in [6, 6.07) is 7.85. The highest BCUT2D eigenvalue weighted by Crippen LogP contribution is 2.30. The molecular formula is C19H20ClF2N3O2. The Bertz CT molecular complexity index is 829. The number of rotatable bonds is 4. The first-order valence-electron chi connectivity index (χ1n) is 8.59. The molecule has 0 radical (unpaired) electrons. The zero-order chi connectivity index (χ0) is 19.4. The maximum atomic E-state index is 13.4. The van der Waals surface area contributed by atoms with Gasteiger partial charge in [0, 0.05) is 18.1 Å². The molecule has 2 aromatic carbocycles. The Morgan fingerprint density at radius 1 is 1.15 bits per heavy atom. The van der Waals surface area contributed by atoms with E-state index in [0.717, 1.165) is 17.8 Å². The van der Waals surface area contributed by atoms with E-state index in [1.807, 2.05) is 6.07 Å². The summed E-state index contributed by atoms with van der Waals surface area (Å²) < 4.78 is 31.8. The second-order valence-electron chi connectivity index (χ2n) is 6.25. The first-order chi connectivity index (χ1) is 12.9. The Hall–Kier alpha value is -2.38. The van der Waals surface area contributed by atoms with E-state index in [1.165, 1.54) is 6.07 Å². The van der Waals surface area contributed by atoms with E-state index in [1.54, 1.807) is 19.1 Å². The van der Waals surface area contributed by atoms with Gasteiger partial charge in [-0.3, -0.25) is 0 Å². The predicted molar refractivity (Wildman–Crippen MR) is 101 cm³/mol. The average Bonchev–Trinajstić information content (AvgIpc) is 2.64. The number of ether oxygens (including phenoxy) is 1. The number of urea groups is 1. The molecule has 0 spiro atoms. The fourth-order valence-corrected chi connectivity index (χ4v) is 3.08. The number of carbonyl (C=O) groups is 1. The van der Waals surface area contributed by atoms with Crippen LogP contribution in [-0.2, 0) is 4.74 Å². The molecule has 144 valence electrons. The van der Waals surface area contributed by atoms with Crippen molar-refractivity contribution in [3.05, 3.63) is 58.6 Å². The molecule has 27 heavy (non-hydrogen) atoms. The van der Waals surface area contributed by atoms with Gasteiger partial charge >= 0.3 is 6.03 Å². The number of nitrogens with one attached hydrogen (secondary N) is 2. The third-order valence-electron chi connectivity index (χ3n) is 4.35. The summed E-state index contributed by atoms with van der Waals surface area (Å²) in [6.07, 6.45) is 0. The van der Waals surface area contributed by atoms with Crippen molar-refractivity contribution < 1.29 is 18.3 Å². The van der Waals surface area contributed by atoms with Crippen LogP contribution in [0.25, 0.3) is 0 Å². The third-order valence-corrected chi connectivity index (χ3v) is 4.58. The number of morpholine rings is 1. The van der Waals surface area contributed by atoms with Gasteiger partial charge in [0.25, 0.3) is 0 Å². The van der Waals surface area contributed by atoms with Gasteiger partial charge in [0.1, 0.15) is 0 Å². The SMILES string of the molecule is C[C@@H](NC(=O)Nc1cc(Cl)ccc1N1CCOCC1)c1ccc(F)c(F)c1. The van der Waals surface area contributed by atoms with Crippen molar-refractivity contribution in [2.45, 2.75) is 13.0 Å². The molecule has 1 fully saturated rings. The Labute approximate surface area is 161 Å². The smallest absolute Gasteiger partial charge is 0.319 e. The van der Waals surface area contributed by atoms with E-state index in [2.05, 4.69) is 15.5 Å². The van der Waals surface area contributed by atoms with Crippen LogP contribution >= 0.6 is 11.6 Å². The largest absolute Gasteiger partial charge is 0.378 e. The molecule has 0 aliphatic carbocycles. The molecule has 1 atom stereocenters. The Morgan fingerprint density at radius 2 is 1.89 bits per heavy atom. The molecule has 5 nitrogen and oxygen atoms in total. The minimum absolute atomic E-state index is 0.462. The van der Waals surface area contributed by atoms with Gasteiger partial charge < -0.3 is 20.3 Å². The average molecular weight is 396 g/mol. The van der Waals surface area contributed by atoms with Gasteiger partial charge in [-0.15, -0.1) is 0 Å². The zero-order valence-corrected chi connectivity index (χ0v) is 15.5. The van der Waals surface area contributed by atoms with E-state index in [0.29, 0.717) is 42.6 Å². The molecule has 2 amide bonds. The summed E-state index contributed by atoms with van der Waals surface area (Å²) in [5.41, 5.74) is 1.88. The summed E-state index contributed by atoms with van der Waals surface area (Å²) in [5, 5.41) is 6.00. The van der Waals surface area contributed by atoms with Crippen molar-refractivity contribution in [2.24, 2.45) is 0 Å². The maximum absolute atomic E-state index is 13.4. The van der Waals surface area contributed by atoms with Crippen LogP contribution in [0.2, 0.25) is 5.02 Å². The molecular weight excluding hydrogens is 376 g/mol. The molecule has 0 saturated carbocycles. The standard InChI is InChI=1S/C19H20ClF2N3O2/c1-12(13-2-4-15(21)16(22)10-13)23-19(26)24-17-11-14(20)3-5-18(17)25-6-8-27-9-7-25/h2-5,10-12H,6-9H2,1H3,(H2,23,24,26)/t12-/m1/s1. The number of amides is 2. The van der Waals surface area contributed by atoms with Crippen LogP contribution in [0, 0.1) is 11.6 Å². The summed E-state index contributed by atoms with van der Waals surface area (Å²) in [6.45, 7) is 4.34. The Balaban J connectivity index is 1.71. The topological polar surface area (TPSA) is 53.6 Å². The van der Waals surface area contributed by atoms with Gasteiger partial charge in [-0.2, -0.15) is 0 Å². The molecule has 1 aliphatic rings. The zero-order valence-electron chi connectivity index (χ0n) is 14.8. The minimum atomic E-state index is -0.953. The van der Waals surface area contributed by atoms with E-state index in [9.17, 15) is 13.6 Å². The highest BCUT2D eigenvalue weighted by atomic mass is 35.5. The number of carbonyl (C=O) groups excluding carboxylic acids is 1. The van der Waals surface area contributed by atoms with Gasteiger partial charge in [-0.05, 0) is 42.8 Å². The Kier molecular flexibility index (Phi) is 6.13. The van der Waals surface area contributed by atoms with Crippen LogP contribution in [0.1, 0.15) is 18.5 Å². The molecule has 0 unspecified atom stereocenters. The van der Waals surface area contributed by atoms with Crippen LogP contribution in [0.15, 0.2) is 36.4 Å². The van der Waals surface area contributed by atoms with Crippen LogP contribution in [0.4, 0.5) is 25.0 Å². The molecule has 2 aromatic rings. The second kappa shape index (κ2) is 8.54. The highest BCUT2D eigenvalue weighted by molar-refractivity contribution is 6.31. The molecule has 1 saturated heterocycles. The van der Waals surface area contributed by atoms with Crippen LogP contribution in [-0.4, -0.2) is 32.3 Å². The summed E-state index contributed by atoms with van der Waals surface area (Å²) >= 11 is 6.08. The number of benzene rings is 2. The monoisotopic (exact) mass is 395 g/mol. The van der Waals surface area contributed by atoms with Crippen molar-refractivity contribution in [1.82, 2.24) is 5.32 Å². The molecule has 1 heterocycles. The molecule has 2 N–H and O–H groups in total. The summed E-state index contributed by atoms with van der Waals surface area (Å²) in [7, 11) is 0. The van der Waals surface area contributed by atoms with E-state index in [-0.39, 0.29) is 0 Å². The number of hydrogen-bond donors (Lipinski definition) is 2. The summed E-state index contributed by atoms with van der Waals surface area (Å²) in [5.74, 6) is -1.88. The first kappa shape index (κ1) is 19.4. The van der Waals surface area contributed by atoms with Crippen molar-refractivity contribution >= 4 is 29.0 Å². The normalized spacial score (nSPS) is 15.3. The minimum Gasteiger partial charge on any atom is -0.378 e. The van der Waals surface area contributed by atoms with Gasteiger partial charge in [-0.25, -0.2) is 13.6 Å². The lowest BCUT2D eigenvalue weighted by atomic mass is 10.1. The van der Waals surface area contributed by atoms with Gasteiger partial charge in [0.05, 0.1) is 30.6 Å². The van der Waals surface area contributed by atoms with Crippen LogP contribution in [0.3, 0.4) is 0 Å².